The lowest BCUT2D eigenvalue weighted by Crippen LogP contribution is -2.30. The quantitative estimate of drug-likeness (QED) is 0.0589. The van der Waals surface area contributed by atoms with Crippen LogP contribution in [0.2, 0.25) is 5.02 Å². The molecule has 1 aromatic rings. The monoisotopic (exact) mass is 598 g/mol. The Morgan fingerprint density at radius 1 is 1.15 bits per heavy atom. The van der Waals surface area contributed by atoms with Crippen LogP contribution in [0.5, 0.6) is 5.75 Å². The Morgan fingerprint density at radius 3 is 2.51 bits per heavy atom. The molecule has 0 aromatic heterocycles. The van der Waals surface area contributed by atoms with Gasteiger partial charge in [-0.15, -0.1) is 0 Å². The molecule has 1 aromatic carbocycles. The first kappa shape index (κ1) is 35.9. The predicted molar refractivity (Wildman–Crippen MR) is 156 cm³/mol. The van der Waals surface area contributed by atoms with E-state index < -0.39 is 36.3 Å². The second-order valence-corrected chi connectivity index (χ2v) is 10.2. The van der Waals surface area contributed by atoms with Crippen LogP contribution in [0, 0.1) is 11.8 Å². The van der Waals surface area contributed by atoms with Gasteiger partial charge >= 0.3 is 11.9 Å². The standard InChI is InChI=1S/C22H29ClO6.C6H14N4O2/c23-15-6-5-7-17(12-15)29-14-16(24)10-11-19-18(20(25)13-21(19)26)8-3-1-2-4-9-22(27)28;7-4(5(11)12)2-1-3-10-6(8)9/h1,3,5-7,10-12,16,18-21,24-26H,2,4,8-9,13-14H2,(H,27,28);4H,1-3,7H2,(H,11,12)(H4,8,9,10)/b3-1-,11-10+;/t16-,18-,19-,20+,21-;4-/m10/s1. The van der Waals surface area contributed by atoms with Crippen LogP contribution >= 0.6 is 11.6 Å². The minimum atomic E-state index is -1.00. The fraction of sp³-hybridized carbons (Fsp3) is 0.536. The second kappa shape index (κ2) is 19.8. The molecule has 0 amide bonds. The van der Waals surface area contributed by atoms with Crippen molar-refractivity contribution in [3.8, 4) is 5.75 Å². The molecule has 0 aliphatic heterocycles. The van der Waals surface area contributed by atoms with Crippen molar-refractivity contribution >= 4 is 29.5 Å². The van der Waals surface area contributed by atoms with Crippen LogP contribution in [0.4, 0.5) is 0 Å². The SMILES string of the molecule is NC(N)=NCCC[C@H](N)C(=O)O.O=C(O)CCC/C=C\C[C@@H]1[C@@H](/C=C/[C@@H](O)COc2cccc(Cl)c2)[C@H](O)C[C@@H]1O. The molecule has 6 atom stereocenters. The van der Waals surface area contributed by atoms with E-state index in [0.717, 1.165) is 0 Å². The first-order valence-corrected chi connectivity index (χ1v) is 13.8. The zero-order valence-corrected chi connectivity index (χ0v) is 23.7. The first-order valence-electron chi connectivity index (χ1n) is 13.4. The molecule has 1 saturated carbocycles. The van der Waals surface area contributed by atoms with E-state index in [2.05, 4.69) is 4.99 Å². The van der Waals surface area contributed by atoms with Crippen molar-refractivity contribution in [3.63, 3.8) is 0 Å². The number of guanidine groups is 1. The van der Waals surface area contributed by atoms with Crippen molar-refractivity contribution in [2.45, 2.75) is 69.3 Å². The number of nitrogens with two attached hydrogens (primary N) is 3. The molecule has 41 heavy (non-hydrogen) atoms. The average molecular weight is 599 g/mol. The summed E-state index contributed by atoms with van der Waals surface area (Å²) in [6.45, 7) is 0.472. The lowest BCUT2D eigenvalue weighted by Gasteiger charge is -2.19. The molecule has 0 saturated heterocycles. The molecule has 0 unspecified atom stereocenters. The predicted octanol–water partition coefficient (Wildman–Crippen LogP) is 1.65. The number of carbonyl (C=O) groups is 2. The van der Waals surface area contributed by atoms with Crippen molar-refractivity contribution in [1.82, 2.24) is 0 Å². The van der Waals surface area contributed by atoms with Crippen molar-refractivity contribution in [3.05, 3.63) is 53.6 Å². The Bertz CT molecular complexity index is 1020. The summed E-state index contributed by atoms with van der Waals surface area (Å²) >= 11 is 5.90. The molecule has 13 heteroatoms. The summed E-state index contributed by atoms with van der Waals surface area (Å²) in [6, 6.07) is 6.08. The molecule has 1 fully saturated rings. The number of rotatable bonds is 16. The Labute approximate surface area is 245 Å². The minimum absolute atomic E-state index is 0.0129. The van der Waals surface area contributed by atoms with Crippen molar-refractivity contribution < 1.29 is 39.9 Å². The van der Waals surface area contributed by atoms with E-state index in [0.29, 0.717) is 55.8 Å². The maximum absolute atomic E-state index is 10.5. The number of benzene rings is 1. The summed E-state index contributed by atoms with van der Waals surface area (Å²) in [7, 11) is 0. The molecule has 11 N–H and O–H groups in total. The molecule has 2 rings (SSSR count). The van der Waals surface area contributed by atoms with E-state index in [9.17, 15) is 24.9 Å². The summed E-state index contributed by atoms with van der Waals surface area (Å²) < 4.78 is 5.51. The maximum Gasteiger partial charge on any atom is 0.320 e. The van der Waals surface area contributed by atoms with Gasteiger partial charge in [-0.25, -0.2) is 0 Å². The van der Waals surface area contributed by atoms with Crippen LogP contribution in [0.3, 0.4) is 0 Å². The van der Waals surface area contributed by atoms with Crippen LogP contribution in [0.15, 0.2) is 53.6 Å². The molecule has 0 spiro atoms. The lowest BCUT2D eigenvalue weighted by atomic mass is 9.89. The highest BCUT2D eigenvalue weighted by Crippen LogP contribution is 2.36. The van der Waals surface area contributed by atoms with E-state index in [1.54, 1.807) is 36.4 Å². The molecular weight excluding hydrogens is 556 g/mol. The van der Waals surface area contributed by atoms with E-state index in [1.807, 2.05) is 12.2 Å². The second-order valence-electron chi connectivity index (χ2n) is 9.72. The van der Waals surface area contributed by atoms with Crippen molar-refractivity contribution in [2.24, 2.45) is 34.0 Å². The summed E-state index contributed by atoms with van der Waals surface area (Å²) in [4.78, 5) is 24.4. The highest BCUT2D eigenvalue weighted by Gasteiger charge is 2.39. The Balaban J connectivity index is 0.000000590. The highest BCUT2D eigenvalue weighted by molar-refractivity contribution is 6.30. The lowest BCUT2D eigenvalue weighted by molar-refractivity contribution is -0.139. The number of hydrogen-bond acceptors (Lipinski definition) is 8. The number of carboxylic acids is 2. The topological polar surface area (TPSA) is 235 Å². The number of hydrogen-bond donors (Lipinski definition) is 8. The first-order chi connectivity index (χ1) is 19.4. The Kier molecular flexibility index (Phi) is 17.4. The summed E-state index contributed by atoms with van der Waals surface area (Å²) in [5.74, 6) is -1.66. The fourth-order valence-corrected chi connectivity index (χ4v) is 4.32. The van der Waals surface area contributed by atoms with Gasteiger partial charge in [0.2, 0.25) is 0 Å². The summed E-state index contributed by atoms with van der Waals surface area (Å²) in [5.41, 5.74) is 15.3. The minimum Gasteiger partial charge on any atom is -0.491 e. The number of aliphatic hydroxyl groups excluding tert-OH is 3. The molecular formula is C28H43ClN4O8. The number of aliphatic imine (C=N–C) groups is 1. The Hall–Kier alpha value is -3.16. The van der Waals surface area contributed by atoms with Crippen LogP contribution in [-0.4, -0.2) is 80.9 Å². The highest BCUT2D eigenvalue weighted by atomic mass is 35.5. The number of allylic oxidation sites excluding steroid dienone is 2. The number of halogens is 1. The molecule has 230 valence electrons. The molecule has 1 aliphatic rings. The normalized spacial score (nSPS) is 21.7. The average Bonchev–Trinajstić information content (AvgIpc) is 3.17. The molecule has 0 bridgehead atoms. The van der Waals surface area contributed by atoms with Gasteiger partial charge < -0.3 is 47.5 Å². The maximum atomic E-state index is 10.5. The number of nitrogens with zero attached hydrogens (tertiary/aromatic N) is 1. The fourth-order valence-electron chi connectivity index (χ4n) is 4.14. The molecule has 0 heterocycles. The number of carboxylic acid groups (broad SMARTS) is 2. The third kappa shape index (κ3) is 16.0. The number of aliphatic carboxylic acids is 2. The third-order valence-electron chi connectivity index (χ3n) is 6.31. The molecule has 12 nitrogen and oxygen atoms in total. The van der Waals surface area contributed by atoms with Crippen LogP contribution < -0.4 is 21.9 Å². The van der Waals surface area contributed by atoms with Gasteiger partial charge in [0, 0.05) is 30.3 Å². The van der Waals surface area contributed by atoms with Gasteiger partial charge in [0.15, 0.2) is 5.96 Å². The van der Waals surface area contributed by atoms with Crippen molar-refractivity contribution in [2.75, 3.05) is 13.2 Å². The largest absolute Gasteiger partial charge is 0.491 e. The molecule has 1 aliphatic carbocycles. The van der Waals surface area contributed by atoms with E-state index in [-0.39, 0.29) is 30.8 Å². The van der Waals surface area contributed by atoms with Gasteiger partial charge in [0.25, 0.3) is 0 Å². The van der Waals surface area contributed by atoms with Crippen LogP contribution in [0.25, 0.3) is 0 Å². The van der Waals surface area contributed by atoms with Gasteiger partial charge in [-0.3, -0.25) is 14.6 Å². The number of aliphatic hydroxyl groups is 3. The summed E-state index contributed by atoms with van der Waals surface area (Å²) in [5, 5.41) is 48.2. The Morgan fingerprint density at radius 2 is 1.88 bits per heavy atom. The third-order valence-corrected chi connectivity index (χ3v) is 6.54. The molecule has 0 radical (unpaired) electrons. The van der Waals surface area contributed by atoms with Crippen molar-refractivity contribution in [1.29, 1.82) is 0 Å². The summed E-state index contributed by atoms with van der Waals surface area (Å²) in [6.07, 6.45) is 8.21. The van der Waals surface area contributed by atoms with E-state index in [1.165, 1.54) is 0 Å². The smallest absolute Gasteiger partial charge is 0.320 e. The van der Waals surface area contributed by atoms with Gasteiger partial charge in [0.05, 0.1) is 12.2 Å². The van der Waals surface area contributed by atoms with E-state index >= 15 is 0 Å². The van der Waals surface area contributed by atoms with Gasteiger partial charge in [-0.05, 0) is 56.2 Å². The van der Waals surface area contributed by atoms with Crippen LogP contribution in [-0.2, 0) is 9.59 Å². The van der Waals surface area contributed by atoms with Gasteiger partial charge in [0.1, 0.15) is 24.5 Å². The number of ether oxygens (including phenoxy) is 1. The van der Waals surface area contributed by atoms with E-state index in [4.69, 9.17) is 43.8 Å². The van der Waals surface area contributed by atoms with Crippen LogP contribution in [0.1, 0.15) is 44.9 Å². The zero-order chi connectivity index (χ0) is 30.8. The number of unbranched alkanes of at least 4 members (excludes halogenated alkanes) is 1. The zero-order valence-electron chi connectivity index (χ0n) is 23.0. The van der Waals surface area contributed by atoms with Gasteiger partial charge in [-0.1, -0.05) is 42.0 Å². The van der Waals surface area contributed by atoms with Gasteiger partial charge in [-0.2, -0.15) is 0 Å².